The van der Waals surface area contributed by atoms with Gasteiger partial charge in [0.15, 0.2) is 6.61 Å². The van der Waals surface area contributed by atoms with Gasteiger partial charge in [-0.3, -0.25) is 4.79 Å². The highest BCUT2D eigenvalue weighted by molar-refractivity contribution is 5.92. The topological polar surface area (TPSA) is 76.1 Å². The van der Waals surface area contributed by atoms with Crippen molar-refractivity contribution in [3.8, 4) is 11.5 Å². The van der Waals surface area contributed by atoms with Crippen molar-refractivity contribution < 1.29 is 37.3 Å². The number of amides is 1. The summed E-state index contributed by atoms with van der Waals surface area (Å²) < 4.78 is 45.3. The second-order valence-electron chi connectivity index (χ2n) is 5.82. The predicted octanol–water partition coefficient (Wildman–Crippen LogP) is 3.64. The SMILES string of the molecule is CN(C(=O)CCc1ccc(OC(F)(F)F)cc1)c1ccc(OCC(=O)O)cc1. The Balaban J connectivity index is 1.87. The number of rotatable bonds is 8. The minimum absolute atomic E-state index is 0.160. The quantitative estimate of drug-likeness (QED) is 0.736. The Kier molecular flexibility index (Phi) is 6.86. The van der Waals surface area contributed by atoms with E-state index in [1.807, 2.05) is 0 Å². The van der Waals surface area contributed by atoms with Crippen LogP contribution in [0.15, 0.2) is 48.5 Å². The first-order valence-corrected chi connectivity index (χ1v) is 8.20. The summed E-state index contributed by atoms with van der Waals surface area (Å²) in [5, 5.41) is 8.57. The summed E-state index contributed by atoms with van der Waals surface area (Å²) in [4.78, 5) is 24.2. The number of carboxylic acid groups (broad SMARTS) is 1. The maximum absolute atomic E-state index is 12.3. The third kappa shape index (κ3) is 6.82. The molecule has 9 heteroatoms. The van der Waals surface area contributed by atoms with E-state index >= 15 is 0 Å². The molecule has 2 aromatic carbocycles. The van der Waals surface area contributed by atoms with Gasteiger partial charge in [-0.15, -0.1) is 13.2 Å². The van der Waals surface area contributed by atoms with E-state index in [-0.39, 0.29) is 18.1 Å². The van der Waals surface area contributed by atoms with Gasteiger partial charge in [-0.1, -0.05) is 12.1 Å². The Morgan fingerprint density at radius 3 is 2.11 bits per heavy atom. The average Bonchev–Trinajstić information content (AvgIpc) is 2.64. The number of benzene rings is 2. The lowest BCUT2D eigenvalue weighted by molar-refractivity contribution is -0.274. The molecule has 0 aliphatic rings. The molecule has 0 heterocycles. The van der Waals surface area contributed by atoms with Crippen molar-refractivity contribution in [2.45, 2.75) is 19.2 Å². The molecule has 0 atom stereocenters. The zero-order valence-corrected chi connectivity index (χ0v) is 14.9. The molecule has 28 heavy (non-hydrogen) atoms. The molecule has 0 aliphatic heterocycles. The molecule has 1 amide bonds. The van der Waals surface area contributed by atoms with Gasteiger partial charge in [-0.2, -0.15) is 0 Å². The number of hydrogen-bond donors (Lipinski definition) is 1. The van der Waals surface area contributed by atoms with E-state index in [1.165, 1.54) is 29.2 Å². The molecule has 0 unspecified atom stereocenters. The second kappa shape index (κ2) is 9.12. The number of aryl methyl sites for hydroxylation is 1. The van der Waals surface area contributed by atoms with E-state index in [0.29, 0.717) is 23.4 Å². The summed E-state index contributed by atoms with van der Waals surface area (Å²) in [6.45, 7) is -0.457. The van der Waals surface area contributed by atoms with E-state index in [1.54, 1.807) is 31.3 Å². The van der Waals surface area contributed by atoms with E-state index in [4.69, 9.17) is 9.84 Å². The van der Waals surface area contributed by atoms with Gasteiger partial charge in [0, 0.05) is 19.2 Å². The van der Waals surface area contributed by atoms with E-state index in [2.05, 4.69) is 4.74 Å². The molecule has 0 spiro atoms. The molecule has 0 saturated heterocycles. The summed E-state index contributed by atoms with van der Waals surface area (Å²) in [6.07, 6.45) is -4.23. The van der Waals surface area contributed by atoms with Crippen LogP contribution in [0.25, 0.3) is 0 Å². The molecule has 2 rings (SSSR count). The Morgan fingerprint density at radius 1 is 1.00 bits per heavy atom. The Bertz CT molecular complexity index is 804. The minimum atomic E-state index is -4.74. The fourth-order valence-corrected chi connectivity index (χ4v) is 2.33. The molecule has 150 valence electrons. The molecule has 1 N–H and O–H groups in total. The number of carbonyl (C=O) groups is 2. The molecule has 2 aromatic rings. The number of carboxylic acids is 1. The monoisotopic (exact) mass is 397 g/mol. The van der Waals surface area contributed by atoms with Gasteiger partial charge in [0.05, 0.1) is 0 Å². The van der Waals surface area contributed by atoms with Crippen molar-refractivity contribution in [2.75, 3.05) is 18.6 Å². The average molecular weight is 397 g/mol. The Morgan fingerprint density at radius 2 is 1.57 bits per heavy atom. The first kappa shape index (κ1) is 21.1. The third-order valence-corrected chi connectivity index (χ3v) is 3.74. The molecule has 0 fully saturated rings. The summed E-state index contributed by atoms with van der Waals surface area (Å²) in [5.41, 5.74) is 1.30. The lowest BCUT2D eigenvalue weighted by Crippen LogP contribution is -2.26. The number of hydrogen-bond acceptors (Lipinski definition) is 4. The first-order valence-electron chi connectivity index (χ1n) is 8.20. The Hall–Kier alpha value is -3.23. The van der Waals surface area contributed by atoms with Crippen LogP contribution in [0.5, 0.6) is 11.5 Å². The smallest absolute Gasteiger partial charge is 0.482 e. The number of carbonyl (C=O) groups excluding carboxylic acids is 1. The van der Waals surface area contributed by atoms with Crippen molar-refractivity contribution in [1.29, 1.82) is 0 Å². The van der Waals surface area contributed by atoms with Gasteiger partial charge in [-0.05, 0) is 48.4 Å². The van der Waals surface area contributed by atoms with Crippen LogP contribution in [0.1, 0.15) is 12.0 Å². The summed E-state index contributed by atoms with van der Waals surface area (Å²) in [6, 6.07) is 11.7. The fraction of sp³-hybridized carbons (Fsp3) is 0.263. The van der Waals surface area contributed by atoms with Gasteiger partial charge in [0.2, 0.25) is 5.91 Å². The van der Waals surface area contributed by atoms with Crippen LogP contribution in [0.3, 0.4) is 0 Å². The molecule has 0 aliphatic carbocycles. The second-order valence-corrected chi connectivity index (χ2v) is 5.82. The molecule has 0 radical (unpaired) electrons. The lowest BCUT2D eigenvalue weighted by Gasteiger charge is -2.18. The summed E-state index contributed by atoms with van der Waals surface area (Å²) >= 11 is 0. The van der Waals surface area contributed by atoms with Gasteiger partial charge < -0.3 is 19.5 Å². The highest BCUT2D eigenvalue weighted by Gasteiger charge is 2.30. The molecule has 6 nitrogen and oxygen atoms in total. The summed E-state index contributed by atoms with van der Waals surface area (Å²) in [5.74, 6) is -1.22. The van der Waals surface area contributed by atoms with Crippen LogP contribution in [0.2, 0.25) is 0 Å². The van der Waals surface area contributed by atoms with E-state index in [0.717, 1.165) is 0 Å². The lowest BCUT2D eigenvalue weighted by atomic mass is 10.1. The van der Waals surface area contributed by atoms with Crippen LogP contribution < -0.4 is 14.4 Å². The van der Waals surface area contributed by atoms with Gasteiger partial charge >= 0.3 is 12.3 Å². The Labute approximate surface area is 159 Å². The zero-order valence-electron chi connectivity index (χ0n) is 14.9. The van der Waals surface area contributed by atoms with E-state index < -0.39 is 18.9 Å². The van der Waals surface area contributed by atoms with E-state index in [9.17, 15) is 22.8 Å². The van der Waals surface area contributed by atoms with Crippen LogP contribution in [-0.4, -0.2) is 37.0 Å². The standard InChI is InChI=1S/C19H18F3NO5/c1-23(14-5-9-15(10-6-14)27-12-18(25)26)17(24)11-4-13-2-7-16(8-3-13)28-19(20,21)22/h2-3,5-10H,4,11-12H2,1H3,(H,25,26). The minimum Gasteiger partial charge on any atom is -0.482 e. The van der Waals surface area contributed by atoms with Crippen molar-refractivity contribution >= 4 is 17.6 Å². The van der Waals surface area contributed by atoms with Crippen LogP contribution in [0.4, 0.5) is 18.9 Å². The number of anilines is 1. The van der Waals surface area contributed by atoms with Crippen molar-refractivity contribution in [3.63, 3.8) is 0 Å². The number of nitrogens with zero attached hydrogens (tertiary/aromatic N) is 1. The third-order valence-electron chi connectivity index (χ3n) is 3.74. The summed E-state index contributed by atoms with van der Waals surface area (Å²) in [7, 11) is 1.59. The highest BCUT2D eigenvalue weighted by Crippen LogP contribution is 2.23. The largest absolute Gasteiger partial charge is 0.573 e. The van der Waals surface area contributed by atoms with Crippen molar-refractivity contribution in [1.82, 2.24) is 0 Å². The van der Waals surface area contributed by atoms with Crippen LogP contribution in [-0.2, 0) is 16.0 Å². The molecular weight excluding hydrogens is 379 g/mol. The van der Waals surface area contributed by atoms with Gasteiger partial charge in [0.25, 0.3) is 0 Å². The van der Waals surface area contributed by atoms with Crippen LogP contribution >= 0.6 is 0 Å². The first-order chi connectivity index (χ1) is 13.1. The number of aliphatic carboxylic acids is 1. The highest BCUT2D eigenvalue weighted by atomic mass is 19.4. The predicted molar refractivity (Wildman–Crippen MR) is 94.4 cm³/mol. The zero-order chi connectivity index (χ0) is 20.7. The normalized spacial score (nSPS) is 11.0. The van der Waals surface area contributed by atoms with Crippen LogP contribution in [0, 0.1) is 0 Å². The molecule has 0 bridgehead atoms. The van der Waals surface area contributed by atoms with Crippen molar-refractivity contribution in [3.05, 3.63) is 54.1 Å². The number of ether oxygens (including phenoxy) is 2. The van der Waals surface area contributed by atoms with Gasteiger partial charge in [0.1, 0.15) is 11.5 Å². The number of halogens is 3. The van der Waals surface area contributed by atoms with Gasteiger partial charge in [-0.25, -0.2) is 4.79 Å². The fourth-order valence-electron chi connectivity index (χ4n) is 2.33. The number of alkyl halides is 3. The molecular formula is C19H18F3NO5. The molecule has 0 saturated carbocycles. The molecule has 0 aromatic heterocycles. The maximum Gasteiger partial charge on any atom is 0.573 e. The van der Waals surface area contributed by atoms with Crippen molar-refractivity contribution in [2.24, 2.45) is 0 Å². The maximum atomic E-state index is 12.3.